The lowest BCUT2D eigenvalue weighted by molar-refractivity contribution is -0.385. The average molecular weight is 863 g/mol. The third-order valence-corrected chi connectivity index (χ3v) is 13.2. The third-order valence-electron chi connectivity index (χ3n) is 9.62. The molecule has 0 spiro atoms. The Balaban J connectivity index is 0.000000182. The van der Waals surface area contributed by atoms with Crippen LogP contribution < -0.4 is 15.2 Å². The van der Waals surface area contributed by atoms with Crippen molar-refractivity contribution in [2.75, 3.05) is 43.4 Å². The van der Waals surface area contributed by atoms with Crippen LogP contribution in [-0.4, -0.2) is 93.6 Å². The third kappa shape index (κ3) is 8.98. The number of hydrogen-bond donors (Lipinski definition) is 1. The molecule has 0 amide bonds. The first-order chi connectivity index (χ1) is 28.7. The second kappa shape index (κ2) is 17.1. The van der Waals surface area contributed by atoms with E-state index in [9.17, 15) is 26.9 Å². The van der Waals surface area contributed by atoms with Gasteiger partial charge in [0.25, 0.3) is 0 Å². The van der Waals surface area contributed by atoms with E-state index in [1.807, 2.05) is 9.80 Å². The molecule has 0 aromatic heterocycles. The Hall–Kier alpha value is -6.28. The summed E-state index contributed by atoms with van der Waals surface area (Å²) < 4.78 is 90.0. The number of halogens is 2. The van der Waals surface area contributed by atoms with Gasteiger partial charge in [-0.3, -0.25) is 20.1 Å². The van der Waals surface area contributed by atoms with Gasteiger partial charge in [0.1, 0.15) is 23.2 Å². The highest BCUT2D eigenvalue weighted by atomic mass is 32.2. The predicted molar refractivity (Wildman–Crippen MR) is 225 cm³/mol. The number of nitrogens with two attached hydrogens (primary N) is 1. The Morgan fingerprint density at radius 1 is 0.717 bits per heavy atom. The van der Waals surface area contributed by atoms with E-state index in [1.165, 1.54) is 18.2 Å². The number of nitrogen functional groups attached to an aromatic ring is 1. The van der Waals surface area contributed by atoms with E-state index >= 15 is 8.78 Å². The highest BCUT2D eigenvalue weighted by Gasteiger charge is 2.29. The molecular formula is C40H40F2N8O8S2. The van der Waals surface area contributed by atoms with Gasteiger partial charge in [0.05, 0.1) is 70.8 Å². The number of nitro benzene ring substituents is 1. The Bertz CT molecular complexity index is 2730. The van der Waals surface area contributed by atoms with Crippen LogP contribution in [-0.2, 0) is 31.2 Å². The van der Waals surface area contributed by atoms with Crippen molar-refractivity contribution < 1.29 is 40.0 Å². The van der Waals surface area contributed by atoms with Crippen LogP contribution in [0.4, 0.5) is 31.5 Å². The topological polar surface area (TPSA) is 212 Å². The molecule has 8 rings (SSSR count). The Morgan fingerprint density at radius 2 is 1.18 bits per heavy atom. The van der Waals surface area contributed by atoms with Crippen LogP contribution in [0.3, 0.4) is 0 Å². The van der Waals surface area contributed by atoms with E-state index in [4.69, 9.17) is 15.2 Å². The van der Waals surface area contributed by atoms with Crippen LogP contribution in [0.1, 0.15) is 48.9 Å². The largest absolute Gasteiger partial charge is 0.452 e. The summed E-state index contributed by atoms with van der Waals surface area (Å²) in [5.74, 6) is -1.68. The van der Waals surface area contributed by atoms with Gasteiger partial charge in [-0.1, -0.05) is 19.9 Å². The van der Waals surface area contributed by atoms with Crippen LogP contribution in [0.25, 0.3) is 0 Å². The first kappa shape index (κ1) is 41.9. The quantitative estimate of drug-likeness (QED) is 0.0834. The average Bonchev–Trinajstić information content (AvgIpc) is 3.90. The van der Waals surface area contributed by atoms with E-state index < -0.39 is 59.2 Å². The fourth-order valence-corrected chi connectivity index (χ4v) is 9.80. The van der Waals surface area contributed by atoms with Gasteiger partial charge in [-0.05, 0) is 61.4 Å². The van der Waals surface area contributed by atoms with E-state index in [2.05, 4.69) is 20.0 Å². The summed E-state index contributed by atoms with van der Waals surface area (Å²) in [5.41, 5.74) is 8.14. The van der Waals surface area contributed by atoms with Crippen molar-refractivity contribution in [3.05, 3.63) is 105 Å². The van der Waals surface area contributed by atoms with Gasteiger partial charge in [-0.15, -0.1) is 0 Å². The zero-order valence-electron chi connectivity index (χ0n) is 32.5. The number of benzene rings is 4. The molecule has 0 saturated carbocycles. The van der Waals surface area contributed by atoms with Crippen molar-refractivity contribution in [2.24, 2.45) is 20.0 Å². The molecule has 2 N–H and O–H groups in total. The molecule has 4 aliphatic heterocycles. The second-order valence-corrected chi connectivity index (χ2v) is 18.5. The first-order valence-corrected chi connectivity index (χ1v) is 22.6. The SMILES string of the molecule is CCCS(=O)(=O)Cc1ccc(N)c(Oc2ccc3c(c2)C2=NCCN2C=N3)c1F.CCCS(=O)(=O)Cc1ccc([N+](=O)[O-])c(Oc2ccc3c(c2)C2=NCCN2C=N3)c1F. The van der Waals surface area contributed by atoms with Crippen LogP contribution in [0.5, 0.6) is 23.0 Å². The van der Waals surface area contributed by atoms with Crippen molar-refractivity contribution in [3.63, 3.8) is 0 Å². The maximum Gasteiger partial charge on any atom is 0.314 e. The normalized spacial score (nSPS) is 14.9. The second-order valence-electron chi connectivity index (χ2n) is 14.1. The van der Waals surface area contributed by atoms with Crippen LogP contribution in [0.15, 0.2) is 80.6 Å². The maximum absolute atomic E-state index is 15.2. The Labute approximate surface area is 344 Å². The van der Waals surface area contributed by atoms with Gasteiger partial charge < -0.3 is 25.0 Å². The van der Waals surface area contributed by atoms with Crippen LogP contribution in [0.2, 0.25) is 0 Å². The lowest BCUT2D eigenvalue weighted by Crippen LogP contribution is -2.29. The molecule has 4 aliphatic rings. The van der Waals surface area contributed by atoms with Gasteiger partial charge in [0.15, 0.2) is 37.1 Å². The predicted octanol–water partition coefficient (Wildman–Crippen LogP) is 6.85. The number of aliphatic imine (C=N–C) groups is 4. The van der Waals surface area contributed by atoms with Crippen molar-refractivity contribution in [2.45, 2.75) is 38.2 Å². The van der Waals surface area contributed by atoms with Crippen molar-refractivity contribution in [3.8, 4) is 23.0 Å². The van der Waals surface area contributed by atoms with Gasteiger partial charge in [-0.2, -0.15) is 0 Å². The number of sulfone groups is 2. The molecule has 0 atom stereocenters. The number of amidine groups is 2. The summed E-state index contributed by atoms with van der Waals surface area (Å²) in [5, 5.41) is 11.4. The van der Waals surface area contributed by atoms with Crippen molar-refractivity contribution >= 4 is 66.8 Å². The minimum Gasteiger partial charge on any atom is -0.452 e. The van der Waals surface area contributed by atoms with Crippen molar-refractivity contribution in [1.82, 2.24) is 9.80 Å². The van der Waals surface area contributed by atoms with Gasteiger partial charge >= 0.3 is 5.69 Å². The number of nitro groups is 1. The minimum atomic E-state index is -3.55. The number of anilines is 1. The molecule has 4 heterocycles. The number of ether oxygens (including phenoxy) is 2. The molecule has 0 fully saturated rings. The summed E-state index contributed by atoms with van der Waals surface area (Å²) in [4.78, 5) is 32.1. The monoisotopic (exact) mass is 862 g/mol. The van der Waals surface area contributed by atoms with E-state index in [1.54, 1.807) is 56.9 Å². The molecule has 60 heavy (non-hydrogen) atoms. The lowest BCUT2D eigenvalue weighted by atomic mass is 10.1. The number of fused-ring (bicyclic) bond motifs is 6. The highest BCUT2D eigenvalue weighted by Crippen LogP contribution is 2.39. The van der Waals surface area contributed by atoms with Crippen molar-refractivity contribution in [1.29, 1.82) is 0 Å². The summed E-state index contributed by atoms with van der Waals surface area (Å²) in [6.45, 7) is 6.22. The summed E-state index contributed by atoms with van der Waals surface area (Å²) >= 11 is 0. The Morgan fingerprint density at radius 3 is 1.67 bits per heavy atom. The molecule has 16 nitrogen and oxygen atoms in total. The van der Waals surface area contributed by atoms with Gasteiger partial charge in [0, 0.05) is 41.4 Å². The molecule has 0 radical (unpaired) electrons. The summed E-state index contributed by atoms with van der Waals surface area (Å²) in [7, 11) is -6.96. The van der Waals surface area contributed by atoms with Gasteiger partial charge in [-0.25, -0.2) is 35.6 Å². The molecule has 20 heteroatoms. The first-order valence-electron chi connectivity index (χ1n) is 19.0. The number of hydrogen-bond acceptors (Lipinski definition) is 15. The lowest BCUT2D eigenvalue weighted by Gasteiger charge is -2.21. The maximum atomic E-state index is 15.2. The summed E-state index contributed by atoms with van der Waals surface area (Å²) in [6, 6.07) is 14.9. The minimum absolute atomic E-state index is 0.00302. The van der Waals surface area contributed by atoms with E-state index in [0.717, 1.165) is 35.8 Å². The fraction of sp³-hybridized carbons (Fsp3) is 0.300. The highest BCUT2D eigenvalue weighted by molar-refractivity contribution is 7.90. The molecule has 4 aromatic carbocycles. The molecule has 0 unspecified atom stereocenters. The molecule has 4 aromatic rings. The molecule has 0 saturated heterocycles. The molecular weight excluding hydrogens is 823 g/mol. The van der Waals surface area contributed by atoms with Crippen LogP contribution in [0, 0.1) is 21.7 Å². The number of nitrogens with zero attached hydrogens (tertiary/aromatic N) is 7. The zero-order chi connectivity index (χ0) is 42.8. The van der Waals surface area contributed by atoms with E-state index in [0.29, 0.717) is 55.3 Å². The fourth-order valence-electron chi connectivity index (χ4n) is 6.87. The molecule has 0 aliphatic carbocycles. The Kier molecular flexibility index (Phi) is 12.0. The zero-order valence-corrected chi connectivity index (χ0v) is 34.2. The molecule has 314 valence electrons. The van der Waals surface area contributed by atoms with Gasteiger partial charge in [0.2, 0.25) is 5.75 Å². The molecule has 0 bridgehead atoms. The van der Waals surface area contributed by atoms with E-state index in [-0.39, 0.29) is 39.8 Å². The summed E-state index contributed by atoms with van der Waals surface area (Å²) in [6.07, 6.45) is 4.28. The number of rotatable bonds is 13. The van der Waals surface area contributed by atoms with Crippen LogP contribution >= 0.6 is 0 Å². The smallest absolute Gasteiger partial charge is 0.314 e. The standard InChI is InChI=1S/C20H19FN4O5S.C20H21FN4O3S/c1-2-9-31(28,29)11-13-3-6-17(25(26)27)19(18(13)21)30-14-4-5-16-15(10-14)20-22-7-8-24(20)12-23-16;1-2-9-29(26,27)11-13-3-5-16(22)19(18(13)21)28-14-4-6-17-15(10-14)20-23-7-8-25(20)12-24-17/h3-6,10,12H,2,7-9,11H2,1H3;3-6,10,12H,2,7-9,11,22H2,1H3.